The lowest BCUT2D eigenvalue weighted by Crippen LogP contribution is -2.46. The minimum absolute atomic E-state index is 0.0520. The Bertz CT molecular complexity index is 490. The summed E-state index contributed by atoms with van der Waals surface area (Å²) in [5, 5.41) is 11.8. The van der Waals surface area contributed by atoms with Crippen molar-refractivity contribution in [2.24, 2.45) is 0 Å². The first-order chi connectivity index (χ1) is 9.49. The number of hydrogen-bond acceptors (Lipinski definition) is 4. The highest BCUT2D eigenvalue weighted by Gasteiger charge is 2.25. The van der Waals surface area contributed by atoms with Crippen LogP contribution in [0.4, 0.5) is 0 Å². The number of carbonyl (C=O) groups is 2. The number of likely N-dealkylation sites (tertiary alicyclic amines) is 1. The number of aromatic nitrogens is 2. The average Bonchev–Trinajstić information content (AvgIpc) is 2.88. The second kappa shape index (κ2) is 6.04. The predicted molar refractivity (Wildman–Crippen MR) is 72.7 cm³/mol. The number of rotatable bonds is 4. The molecule has 2 heterocycles. The monoisotopic (exact) mass is 280 g/mol. The molecule has 1 amide bonds. The number of imidazole rings is 1. The predicted octanol–water partition coefficient (Wildman–Crippen LogP) is 0.710. The normalized spacial score (nSPS) is 17.4. The second-order valence-electron chi connectivity index (χ2n) is 5.31. The molecule has 0 unspecified atom stereocenters. The number of H-pyrrole nitrogens is 1. The summed E-state index contributed by atoms with van der Waals surface area (Å²) in [7, 11) is 0. The fourth-order valence-corrected chi connectivity index (χ4v) is 2.44. The highest BCUT2D eigenvalue weighted by molar-refractivity contribution is 6.02. The fourth-order valence-electron chi connectivity index (χ4n) is 2.44. The van der Waals surface area contributed by atoms with E-state index in [2.05, 4.69) is 34.0 Å². The van der Waals surface area contributed by atoms with E-state index in [0.29, 0.717) is 6.04 Å². The molecule has 0 saturated carbocycles. The minimum atomic E-state index is -1.18. The Hall–Kier alpha value is -1.89. The van der Waals surface area contributed by atoms with Crippen molar-refractivity contribution in [1.82, 2.24) is 20.2 Å². The molecule has 3 N–H and O–H groups in total. The molecular formula is C13H20N4O3. The van der Waals surface area contributed by atoms with Crippen molar-refractivity contribution < 1.29 is 14.7 Å². The van der Waals surface area contributed by atoms with Gasteiger partial charge in [0.15, 0.2) is 11.4 Å². The van der Waals surface area contributed by atoms with Crippen LogP contribution in [0.25, 0.3) is 0 Å². The van der Waals surface area contributed by atoms with Crippen LogP contribution in [0.5, 0.6) is 0 Å². The van der Waals surface area contributed by atoms with Crippen molar-refractivity contribution in [3.8, 4) is 0 Å². The molecule has 110 valence electrons. The molecule has 1 aromatic heterocycles. The van der Waals surface area contributed by atoms with Gasteiger partial charge in [-0.2, -0.15) is 0 Å². The molecule has 0 bridgehead atoms. The summed E-state index contributed by atoms with van der Waals surface area (Å²) < 4.78 is 0. The van der Waals surface area contributed by atoms with E-state index in [4.69, 9.17) is 5.11 Å². The number of amides is 1. The van der Waals surface area contributed by atoms with E-state index in [0.717, 1.165) is 25.9 Å². The van der Waals surface area contributed by atoms with Crippen LogP contribution >= 0.6 is 0 Å². The first-order valence-electron chi connectivity index (χ1n) is 6.80. The van der Waals surface area contributed by atoms with Crippen LogP contribution in [0, 0.1) is 0 Å². The number of aromatic carboxylic acids is 1. The number of piperidine rings is 1. The van der Waals surface area contributed by atoms with Gasteiger partial charge in [0.05, 0.1) is 6.33 Å². The topological polar surface area (TPSA) is 98.3 Å². The third-order valence-electron chi connectivity index (χ3n) is 3.66. The van der Waals surface area contributed by atoms with Gasteiger partial charge in [-0.15, -0.1) is 0 Å². The van der Waals surface area contributed by atoms with Gasteiger partial charge in [0.25, 0.3) is 5.91 Å². The number of nitrogens with zero attached hydrogens (tertiary/aromatic N) is 2. The van der Waals surface area contributed by atoms with Crippen LogP contribution in [0.15, 0.2) is 6.33 Å². The van der Waals surface area contributed by atoms with Crippen molar-refractivity contribution in [2.45, 2.75) is 38.8 Å². The van der Waals surface area contributed by atoms with E-state index in [1.165, 1.54) is 6.33 Å². The summed E-state index contributed by atoms with van der Waals surface area (Å²) in [6, 6.07) is 0.590. The summed E-state index contributed by atoms with van der Waals surface area (Å²) in [6.45, 7) is 6.19. The summed E-state index contributed by atoms with van der Waals surface area (Å²) in [5.41, 5.74) is -0.217. The number of nitrogens with one attached hydrogen (secondary N) is 2. The lowest BCUT2D eigenvalue weighted by Gasteiger charge is -2.34. The SMILES string of the molecule is CC(C)N1CCC(NC(=O)c2nc[nH]c2C(=O)O)CC1. The molecule has 0 aliphatic carbocycles. The summed E-state index contributed by atoms with van der Waals surface area (Å²) >= 11 is 0. The Balaban J connectivity index is 1.93. The van der Waals surface area contributed by atoms with E-state index >= 15 is 0 Å². The largest absolute Gasteiger partial charge is 0.477 e. The van der Waals surface area contributed by atoms with Crippen molar-refractivity contribution >= 4 is 11.9 Å². The molecule has 0 aromatic carbocycles. The fraction of sp³-hybridized carbons (Fsp3) is 0.615. The van der Waals surface area contributed by atoms with Crippen LogP contribution < -0.4 is 5.32 Å². The Morgan fingerprint density at radius 3 is 2.65 bits per heavy atom. The lowest BCUT2D eigenvalue weighted by molar-refractivity contribution is 0.0683. The highest BCUT2D eigenvalue weighted by atomic mass is 16.4. The number of aromatic amines is 1. The maximum Gasteiger partial charge on any atom is 0.354 e. The van der Waals surface area contributed by atoms with Gasteiger partial charge in [-0.1, -0.05) is 0 Å². The molecule has 1 aliphatic rings. The molecule has 20 heavy (non-hydrogen) atoms. The summed E-state index contributed by atoms with van der Waals surface area (Å²) in [6.07, 6.45) is 2.97. The lowest BCUT2D eigenvalue weighted by atomic mass is 10.0. The van der Waals surface area contributed by atoms with Gasteiger partial charge >= 0.3 is 5.97 Å². The molecule has 7 heteroatoms. The van der Waals surface area contributed by atoms with Crippen molar-refractivity contribution in [3.63, 3.8) is 0 Å². The van der Waals surface area contributed by atoms with Gasteiger partial charge in [0.1, 0.15) is 0 Å². The number of carboxylic acids is 1. The maximum atomic E-state index is 12.0. The van der Waals surface area contributed by atoms with Crippen LogP contribution in [-0.4, -0.2) is 57.0 Å². The number of hydrogen-bond donors (Lipinski definition) is 3. The second-order valence-corrected chi connectivity index (χ2v) is 5.31. The van der Waals surface area contributed by atoms with E-state index in [-0.39, 0.29) is 17.4 Å². The molecule has 2 rings (SSSR count). The zero-order chi connectivity index (χ0) is 14.7. The van der Waals surface area contributed by atoms with Gasteiger partial charge in [0.2, 0.25) is 0 Å². The number of carboxylic acid groups (broad SMARTS) is 1. The van der Waals surface area contributed by atoms with Gasteiger partial charge in [0, 0.05) is 25.2 Å². The Kier molecular flexibility index (Phi) is 4.39. The minimum Gasteiger partial charge on any atom is -0.477 e. The van der Waals surface area contributed by atoms with Gasteiger partial charge in [-0.05, 0) is 26.7 Å². The standard InChI is InChI=1S/C13H20N4O3/c1-8(2)17-5-3-9(4-6-17)16-12(18)10-11(13(19)20)15-7-14-10/h7-9H,3-6H2,1-2H3,(H,14,15)(H,16,18)(H,19,20). The zero-order valence-corrected chi connectivity index (χ0v) is 11.7. The smallest absolute Gasteiger partial charge is 0.354 e. The average molecular weight is 280 g/mol. The first-order valence-corrected chi connectivity index (χ1v) is 6.80. The van der Waals surface area contributed by atoms with E-state index in [1.54, 1.807) is 0 Å². The molecule has 1 aliphatic heterocycles. The quantitative estimate of drug-likeness (QED) is 0.754. The molecule has 0 atom stereocenters. The van der Waals surface area contributed by atoms with Gasteiger partial charge < -0.3 is 20.3 Å². The number of carbonyl (C=O) groups excluding carboxylic acids is 1. The summed E-state index contributed by atoms with van der Waals surface area (Å²) in [4.78, 5) is 31.6. The zero-order valence-electron chi connectivity index (χ0n) is 11.7. The molecule has 0 radical (unpaired) electrons. The van der Waals surface area contributed by atoms with E-state index in [1.807, 2.05) is 0 Å². The Labute approximate surface area is 117 Å². The van der Waals surface area contributed by atoms with Crippen LogP contribution in [0.3, 0.4) is 0 Å². The van der Waals surface area contributed by atoms with Crippen LogP contribution in [0.2, 0.25) is 0 Å². The molecule has 0 spiro atoms. The molecule has 1 aromatic rings. The van der Waals surface area contributed by atoms with Gasteiger partial charge in [-0.3, -0.25) is 4.79 Å². The third kappa shape index (κ3) is 3.16. The van der Waals surface area contributed by atoms with Crippen molar-refractivity contribution in [3.05, 3.63) is 17.7 Å². The summed E-state index contributed by atoms with van der Waals surface area (Å²) in [5.74, 6) is -1.60. The molecule has 1 saturated heterocycles. The first kappa shape index (κ1) is 14.5. The van der Waals surface area contributed by atoms with Crippen molar-refractivity contribution in [2.75, 3.05) is 13.1 Å². The Morgan fingerprint density at radius 2 is 2.10 bits per heavy atom. The molecular weight excluding hydrogens is 260 g/mol. The molecule has 7 nitrogen and oxygen atoms in total. The molecule has 1 fully saturated rings. The Morgan fingerprint density at radius 1 is 1.45 bits per heavy atom. The highest BCUT2D eigenvalue weighted by Crippen LogP contribution is 2.14. The van der Waals surface area contributed by atoms with E-state index < -0.39 is 11.9 Å². The van der Waals surface area contributed by atoms with Crippen LogP contribution in [0.1, 0.15) is 47.7 Å². The van der Waals surface area contributed by atoms with Crippen LogP contribution in [-0.2, 0) is 0 Å². The van der Waals surface area contributed by atoms with Gasteiger partial charge in [-0.25, -0.2) is 9.78 Å². The van der Waals surface area contributed by atoms with Crippen molar-refractivity contribution in [1.29, 1.82) is 0 Å². The third-order valence-corrected chi connectivity index (χ3v) is 3.66. The maximum absolute atomic E-state index is 12.0. The van der Waals surface area contributed by atoms with E-state index in [9.17, 15) is 9.59 Å².